The Morgan fingerprint density at radius 1 is 1.13 bits per heavy atom. The van der Waals surface area contributed by atoms with E-state index < -0.39 is 0 Å². The number of rotatable bonds is 7. The minimum Gasteiger partial charge on any atom is -0.352 e. The Kier molecular flexibility index (Phi) is 6.49. The van der Waals surface area contributed by atoms with E-state index in [4.69, 9.17) is 0 Å². The van der Waals surface area contributed by atoms with E-state index in [0.29, 0.717) is 13.1 Å². The lowest BCUT2D eigenvalue weighted by molar-refractivity contribution is -0.122. The second-order valence-electron chi connectivity index (χ2n) is 7.97. The molecule has 1 aliphatic rings. The van der Waals surface area contributed by atoms with Gasteiger partial charge in [-0.25, -0.2) is 0 Å². The fraction of sp³-hybridized carbons (Fsp3) is 0.391. The highest BCUT2D eigenvalue weighted by Crippen LogP contribution is 2.17. The molecular weight excluding hydrogens is 376 g/mol. The lowest BCUT2D eigenvalue weighted by atomic mass is 10.1. The second kappa shape index (κ2) is 9.63. The summed E-state index contributed by atoms with van der Waals surface area (Å²) < 4.78 is 2.23. The highest BCUT2D eigenvalue weighted by atomic mass is 16.2. The highest BCUT2D eigenvalue weighted by molar-refractivity contribution is 5.78. The lowest BCUT2D eigenvalue weighted by Crippen LogP contribution is -2.41. The molecule has 3 heterocycles. The molecule has 0 aliphatic carbocycles. The second-order valence-corrected chi connectivity index (χ2v) is 7.97. The Balaban J connectivity index is 1.29. The zero-order valence-corrected chi connectivity index (χ0v) is 17.4. The third-order valence-electron chi connectivity index (χ3n) is 5.48. The van der Waals surface area contributed by atoms with Gasteiger partial charge in [0, 0.05) is 44.4 Å². The number of aryl methyl sites for hydroxylation is 1. The van der Waals surface area contributed by atoms with Crippen LogP contribution in [0.2, 0.25) is 0 Å². The molecule has 1 atom stereocenters. The number of benzene rings is 1. The molecule has 0 saturated carbocycles. The molecule has 30 heavy (non-hydrogen) atoms. The van der Waals surface area contributed by atoms with E-state index in [-0.39, 0.29) is 11.9 Å². The number of nitrogens with one attached hydrogen (secondary N) is 1. The molecule has 0 spiro atoms. The van der Waals surface area contributed by atoms with E-state index in [1.165, 1.54) is 5.56 Å². The summed E-state index contributed by atoms with van der Waals surface area (Å²) in [6.07, 6.45) is 6.99. The lowest BCUT2D eigenvalue weighted by Gasteiger charge is -2.20. The number of amides is 1. The Labute approximate surface area is 177 Å². The van der Waals surface area contributed by atoms with Crippen LogP contribution in [0.4, 0.5) is 0 Å². The zero-order chi connectivity index (χ0) is 20.8. The van der Waals surface area contributed by atoms with E-state index in [1.54, 1.807) is 6.20 Å². The van der Waals surface area contributed by atoms with E-state index in [2.05, 4.69) is 37.2 Å². The van der Waals surface area contributed by atoms with Crippen molar-refractivity contribution in [2.45, 2.75) is 44.8 Å². The summed E-state index contributed by atoms with van der Waals surface area (Å²) in [5.74, 6) is 2.08. The number of carbonyl (C=O) groups excluding carboxylic acids is 1. The predicted octanol–water partition coefficient (Wildman–Crippen LogP) is 2.22. The first kappa shape index (κ1) is 20.2. The van der Waals surface area contributed by atoms with Gasteiger partial charge in [0.25, 0.3) is 0 Å². The average Bonchev–Trinajstić information content (AvgIpc) is 3.01. The molecule has 1 N–H and O–H groups in total. The molecule has 3 aromatic rings. The van der Waals surface area contributed by atoms with Crippen LogP contribution in [0.1, 0.15) is 35.6 Å². The molecule has 0 saturated heterocycles. The quantitative estimate of drug-likeness (QED) is 0.653. The maximum absolute atomic E-state index is 12.5. The summed E-state index contributed by atoms with van der Waals surface area (Å²) in [6.45, 7) is 1.91. The fourth-order valence-corrected chi connectivity index (χ4v) is 3.98. The van der Waals surface area contributed by atoms with Crippen molar-refractivity contribution in [3.05, 3.63) is 77.6 Å². The van der Waals surface area contributed by atoms with Gasteiger partial charge in [-0.15, -0.1) is 10.2 Å². The molecule has 1 aromatic carbocycles. The van der Waals surface area contributed by atoms with Gasteiger partial charge in [-0.3, -0.25) is 14.7 Å². The Morgan fingerprint density at radius 2 is 1.97 bits per heavy atom. The topological polar surface area (TPSA) is 75.9 Å². The molecule has 0 bridgehead atoms. The third-order valence-corrected chi connectivity index (χ3v) is 5.48. The number of aromatic nitrogens is 4. The van der Waals surface area contributed by atoms with Gasteiger partial charge in [-0.2, -0.15) is 0 Å². The van der Waals surface area contributed by atoms with Gasteiger partial charge in [0.1, 0.15) is 11.6 Å². The van der Waals surface area contributed by atoms with Crippen LogP contribution in [-0.4, -0.2) is 50.2 Å². The summed E-state index contributed by atoms with van der Waals surface area (Å²) in [5.41, 5.74) is 2.34. The SMILES string of the molecule is CN(CC(=O)NC1CCc2nnc(Cc3ccccc3)n2CC1)Cc1cccnc1. The maximum Gasteiger partial charge on any atom is 0.234 e. The smallest absolute Gasteiger partial charge is 0.234 e. The maximum atomic E-state index is 12.5. The number of hydrogen-bond acceptors (Lipinski definition) is 5. The number of likely N-dealkylation sites (N-methyl/N-ethyl adjacent to an activating group) is 1. The summed E-state index contributed by atoms with van der Waals surface area (Å²) in [5, 5.41) is 12.0. The van der Waals surface area contributed by atoms with Crippen molar-refractivity contribution < 1.29 is 4.79 Å². The van der Waals surface area contributed by atoms with Crippen LogP contribution in [0.15, 0.2) is 54.9 Å². The first-order valence-electron chi connectivity index (χ1n) is 10.5. The first-order valence-corrected chi connectivity index (χ1v) is 10.5. The van der Waals surface area contributed by atoms with Crippen LogP contribution in [0.5, 0.6) is 0 Å². The van der Waals surface area contributed by atoms with Crippen molar-refractivity contribution in [2.75, 3.05) is 13.6 Å². The molecular formula is C23H28N6O. The first-order chi connectivity index (χ1) is 14.7. The van der Waals surface area contributed by atoms with E-state index >= 15 is 0 Å². The Hall–Kier alpha value is -3.06. The minimum atomic E-state index is 0.0635. The number of fused-ring (bicyclic) bond motifs is 1. The molecule has 0 fully saturated rings. The summed E-state index contributed by atoms with van der Waals surface area (Å²) in [6, 6.07) is 14.4. The van der Waals surface area contributed by atoms with Gasteiger partial charge in [0.2, 0.25) is 5.91 Å². The van der Waals surface area contributed by atoms with Crippen molar-refractivity contribution in [1.29, 1.82) is 0 Å². The van der Waals surface area contributed by atoms with Crippen LogP contribution in [0, 0.1) is 0 Å². The van der Waals surface area contributed by atoms with Crippen LogP contribution in [0.25, 0.3) is 0 Å². The van der Waals surface area contributed by atoms with Gasteiger partial charge in [0.05, 0.1) is 6.54 Å². The van der Waals surface area contributed by atoms with E-state index in [1.807, 2.05) is 48.5 Å². The molecule has 7 nitrogen and oxygen atoms in total. The minimum absolute atomic E-state index is 0.0635. The molecule has 7 heteroatoms. The monoisotopic (exact) mass is 404 g/mol. The fourth-order valence-electron chi connectivity index (χ4n) is 3.98. The third kappa shape index (κ3) is 5.30. The molecule has 2 aromatic heterocycles. The van der Waals surface area contributed by atoms with Crippen LogP contribution in [-0.2, 0) is 30.7 Å². The molecule has 1 amide bonds. The number of hydrogen-bond donors (Lipinski definition) is 1. The van der Waals surface area contributed by atoms with Crippen LogP contribution < -0.4 is 5.32 Å². The largest absolute Gasteiger partial charge is 0.352 e. The van der Waals surface area contributed by atoms with Crippen molar-refractivity contribution >= 4 is 5.91 Å². The summed E-state index contributed by atoms with van der Waals surface area (Å²) in [7, 11) is 1.96. The Morgan fingerprint density at radius 3 is 2.77 bits per heavy atom. The Bertz CT molecular complexity index is 956. The standard InChI is InChI=1S/C23H28N6O/c1-28(16-19-8-5-12-24-15-19)17-23(30)25-20-9-10-21-26-27-22(29(21)13-11-20)14-18-6-3-2-4-7-18/h2-8,12,15,20H,9-11,13-14,16-17H2,1H3,(H,25,30). The molecule has 0 radical (unpaired) electrons. The van der Waals surface area contributed by atoms with Crippen molar-refractivity contribution in [3.63, 3.8) is 0 Å². The van der Waals surface area contributed by atoms with Gasteiger partial charge in [-0.1, -0.05) is 36.4 Å². The normalized spacial score (nSPS) is 16.1. The molecule has 1 aliphatic heterocycles. The summed E-state index contributed by atoms with van der Waals surface area (Å²) in [4.78, 5) is 18.7. The van der Waals surface area contributed by atoms with Gasteiger partial charge in [-0.05, 0) is 37.1 Å². The van der Waals surface area contributed by atoms with Crippen LogP contribution in [0.3, 0.4) is 0 Å². The van der Waals surface area contributed by atoms with Crippen LogP contribution >= 0.6 is 0 Å². The number of pyridine rings is 1. The zero-order valence-electron chi connectivity index (χ0n) is 17.4. The van der Waals surface area contributed by atoms with E-state index in [9.17, 15) is 4.79 Å². The van der Waals surface area contributed by atoms with Crippen molar-refractivity contribution in [3.8, 4) is 0 Å². The number of nitrogens with zero attached hydrogens (tertiary/aromatic N) is 5. The molecule has 1 unspecified atom stereocenters. The number of carbonyl (C=O) groups is 1. The van der Waals surface area contributed by atoms with Gasteiger partial charge in [0.15, 0.2) is 0 Å². The average molecular weight is 405 g/mol. The molecule has 4 rings (SSSR count). The van der Waals surface area contributed by atoms with Gasteiger partial charge < -0.3 is 9.88 Å². The predicted molar refractivity (Wildman–Crippen MR) is 115 cm³/mol. The molecule has 156 valence electrons. The summed E-state index contributed by atoms with van der Waals surface area (Å²) >= 11 is 0. The van der Waals surface area contributed by atoms with Crippen molar-refractivity contribution in [1.82, 2.24) is 30.0 Å². The van der Waals surface area contributed by atoms with E-state index in [0.717, 1.165) is 49.4 Å². The van der Waals surface area contributed by atoms with Gasteiger partial charge >= 0.3 is 0 Å². The van der Waals surface area contributed by atoms with Crippen molar-refractivity contribution in [2.24, 2.45) is 0 Å². The highest BCUT2D eigenvalue weighted by Gasteiger charge is 2.22.